The Kier molecular flexibility index (Phi) is 3.65. The van der Waals surface area contributed by atoms with Gasteiger partial charge in [0.1, 0.15) is 0 Å². The Morgan fingerprint density at radius 1 is 1.06 bits per heavy atom. The minimum atomic E-state index is 0.328. The van der Waals surface area contributed by atoms with Crippen LogP contribution in [0.25, 0.3) is 0 Å². The van der Waals surface area contributed by atoms with Gasteiger partial charge in [0.25, 0.3) is 0 Å². The van der Waals surface area contributed by atoms with Gasteiger partial charge in [0, 0.05) is 25.2 Å². The highest BCUT2D eigenvalue weighted by atomic mass is 15.2. The number of fused-ring (bicyclic) bond motifs is 1. The Balaban J connectivity index is 1.71. The SMILES string of the molecule is CN1CCCC(CN)(N2CC3CCCC3C2)CC1. The first kappa shape index (κ1) is 12.9. The predicted molar refractivity (Wildman–Crippen MR) is 75.5 cm³/mol. The fourth-order valence-electron chi connectivity index (χ4n) is 4.59. The highest BCUT2D eigenvalue weighted by Crippen LogP contribution is 2.42. The van der Waals surface area contributed by atoms with Crippen molar-refractivity contribution in [3.8, 4) is 0 Å². The number of rotatable bonds is 2. The van der Waals surface area contributed by atoms with Crippen molar-refractivity contribution in [3.63, 3.8) is 0 Å². The molecule has 3 fully saturated rings. The van der Waals surface area contributed by atoms with Crippen molar-refractivity contribution in [1.82, 2.24) is 9.80 Å². The van der Waals surface area contributed by atoms with Gasteiger partial charge in [0.2, 0.25) is 0 Å². The highest BCUT2D eigenvalue weighted by molar-refractivity contribution is 5.00. The summed E-state index contributed by atoms with van der Waals surface area (Å²) in [7, 11) is 2.26. The smallest absolute Gasteiger partial charge is 0.0344 e. The first-order valence-corrected chi connectivity index (χ1v) is 7.87. The summed E-state index contributed by atoms with van der Waals surface area (Å²) >= 11 is 0. The first-order chi connectivity index (χ1) is 8.73. The molecule has 0 aromatic heterocycles. The van der Waals surface area contributed by atoms with Gasteiger partial charge >= 0.3 is 0 Å². The lowest BCUT2D eigenvalue weighted by molar-refractivity contribution is 0.0963. The van der Waals surface area contributed by atoms with Gasteiger partial charge in [-0.2, -0.15) is 0 Å². The molecule has 104 valence electrons. The summed E-state index contributed by atoms with van der Waals surface area (Å²) < 4.78 is 0. The number of nitrogens with zero attached hydrogens (tertiary/aromatic N) is 2. The Morgan fingerprint density at radius 2 is 1.78 bits per heavy atom. The minimum absolute atomic E-state index is 0.328. The number of nitrogens with two attached hydrogens (primary N) is 1. The van der Waals surface area contributed by atoms with E-state index in [1.165, 1.54) is 64.7 Å². The van der Waals surface area contributed by atoms with Crippen LogP contribution in [0.5, 0.6) is 0 Å². The quantitative estimate of drug-likeness (QED) is 0.808. The van der Waals surface area contributed by atoms with Crippen LogP contribution in [0.4, 0.5) is 0 Å². The van der Waals surface area contributed by atoms with Crippen LogP contribution in [-0.4, -0.2) is 55.1 Å². The molecule has 0 aromatic rings. The fourth-order valence-corrected chi connectivity index (χ4v) is 4.59. The molecule has 2 heterocycles. The third-order valence-corrected chi connectivity index (χ3v) is 5.92. The molecule has 2 aliphatic heterocycles. The van der Waals surface area contributed by atoms with Gasteiger partial charge in [0.15, 0.2) is 0 Å². The van der Waals surface area contributed by atoms with Crippen LogP contribution in [0.3, 0.4) is 0 Å². The number of hydrogen-bond donors (Lipinski definition) is 1. The van der Waals surface area contributed by atoms with Crippen LogP contribution >= 0.6 is 0 Å². The lowest BCUT2D eigenvalue weighted by Gasteiger charge is -2.41. The Hall–Kier alpha value is -0.120. The summed E-state index contributed by atoms with van der Waals surface area (Å²) in [5.74, 6) is 1.99. The monoisotopic (exact) mass is 251 g/mol. The van der Waals surface area contributed by atoms with Crippen molar-refractivity contribution < 1.29 is 0 Å². The zero-order valence-electron chi connectivity index (χ0n) is 11.9. The van der Waals surface area contributed by atoms with E-state index in [1.54, 1.807) is 0 Å². The maximum atomic E-state index is 6.22. The molecule has 0 aromatic carbocycles. The third kappa shape index (κ3) is 2.21. The lowest BCUT2D eigenvalue weighted by atomic mass is 9.88. The average Bonchev–Trinajstić information content (AvgIpc) is 2.89. The molecule has 3 nitrogen and oxygen atoms in total. The number of hydrogen-bond acceptors (Lipinski definition) is 3. The summed E-state index contributed by atoms with van der Waals surface area (Å²) in [6.07, 6.45) is 8.33. The van der Waals surface area contributed by atoms with Crippen LogP contribution in [-0.2, 0) is 0 Å². The predicted octanol–water partition coefficient (Wildman–Crippen LogP) is 1.53. The van der Waals surface area contributed by atoms with Gasteiger partial charge < -0.3 is 10.6 Å². The Morgan fingerprint density at radius 3 is 2.44 bits per heavy atom. The van der Waals surface area contributed by atoms with E-state index in [9.17, 15) is 0 Å². The van der Waals surface area contributed by atoms with E-state index in [2.05, 4.69) is 16.8 Å². The van der Waals surface area contributed by atoms with Gasteiger partial charge in [-0.15, -0.1) is 0 Å². The lowest BCUT2D eigenvalue weighted by Crippen LogP contribution is -2.53. The maximum absolute atomic E-state index is 6.22. The summed E-state index contributed by atoms with van der Waals surface area (Å²) in [6, 6.07) is 0. The first-order valence-electron chi connectivity index (χ1n) is 7.87. The molecule has 3 aliphatic rings. The largest absolute Gasteiger partial charge is 0.329 e. The van der Waals surface area contributed by atoms with Crippen molar-refractivity contribution in [2.75, 3.05) is 39.8 Å². The highest BCUT2D eigenvalue weighted by Gasteiger charge is 2.45. The van der Waals surface area contributed by atoms with Crippen LogP contribution < -0.4 is 5.73 Å². The molecule has 2 N–H and O–H groups in total. The van der Waals surface area contributed by atoms with Crippen LogP contribution in [0, 0.1) is 11.8 Å². The molecule has 0 radical (unpaired) electrons. The second-order valence-corrected chi connectivity index (χ2v) is 6.94. The molecular formula is C15H29N3. The zero-order valence-corrected chi connectivity index (χ0v) is 11.9. The van der Waals surface area contributed by atoms with E-state index >= 15 is 0 Å². The molecule has 3 heteroatoms. The van der Waals surface area contributed by atoms with Gasteiger partial charge in [-0.25, -0.2) is 0 Å². The fraction of sp³-hybridized carbons (Fsp3) is 1.00. The molecule has 3 atom stereocenters. The van der Waals surface area contributed by atoms with Gasteiger partial charge in [0.05, 0.1) is 0 Å². The molecular weight excluding hydrogens is 222 g/mol. The van der Waals surface area contributed by atoms with E-state index in [-0.39, 0.29) is 0 Å². The topological polar surface area (TPSA) is 32.5 Å². The molecule has 1 saturated carbocycles. The second kappa shape index (κ2) is 5.10. The summed E-state index contributed by atoms with van der Waals surface area (Å²) in [6.45, 7) is 6.02. The maximum Gasteiger partial charge on any atom is 0.0344 e. The second-order valence-electron chi connectivity index (χ2n) is 6.94. The molecule has 0 bridgehead atoms. The third-order valence-electron chi connectivity index (χ3n) is 5.92. The van der Waals surface area contributed by atoms with Gasteiger partial charge in [-0.3, -0.25) is 4.90 Å². The van der Waals surface area contributed by atoms with Crippen LogP contribution in [0.2, 0.25) is 0 Å². The molecule has 1 aliphatic carbocycles. The van der Waals surface area contributed by atoms with E-state index in [0.717, 1.165) is 18.4 Å². The normalized spacial score (nSPS) is 43.0. The Bertz CT molecular complexity index is 281. The summed E-state index contributed by atoms with van der Waals surface area (Å²) in [4.78, 5) is 5.27. The van der Waals surface area contributed by atoms with E-state index in [1.807, 2.05) is 0 Å². The number of likely N-dealkylation sites (tertiary alicyclic amines) is 2. The molecule has 3 rings (SSSR count). The average molecular weight is 251 g/mol. The molecule has 0 spiro atoms. The van der Waals surface area contributed by atoms with Crippen molar-refractivity contribution in [2.45, 2.75) is 44.1 Å². The van der Waals surface area contributed by atoms with Crippen LogP contribution in [0.1, 0.15) is 38.5 Å². The van der Waals surface area contributed by atoms with Crippen molar-refractivity contribution in [2.24, 2.45) is 17.6 Å². The van der Waals surface area contributed by atoms with E-state index < -0.39 is 0 Å². The molecule has 18 heavy (non-hydrogen) atoms. The van der Waals surface area contributed by atoms with Gasteiger partial charge in [-0.1, -0.05) is 6.42 Å². The molecule has 2 saturated heterocycles. The van der Waals surface area contributed by atoms with E-state index in [0.29, 0.717) is 5.54 Å². The molecule has 3 unspecified atom stereocenters. The standard InChI is InChI=1S/C15H29N3/c1-17-8-3-6-15(12-16,7-9-17)18-10-13-4-2-5-14(13)11-18/h13-14H,2-12,16H2,1H3. The van der Waals surface area contributed by atoms with Crippen molar-refractivity contribution in [3.05, 3.63) is 0 Å². The van der Waals surface area contributed by atoms with E-state index in [4.69, 9.17) is 5.73 Å². The van der Waals surface area contributed by atoms with Gasteiger partial charge in [-0.05, 0) is 64.1 Å². The zero-order chi connectivity index (χ0) is 12.6. The summed E-state index contributed by atoms with van der Waals surface area (Å²) in [5.41, 5.74) is 6.55. The summed E-state index contributed by atoms with van der Waals surface area (Å²) in [5, 5.41) is 0. The van der Waals surface area contributed by atoms with Crippen molar-refractivity contribution >= 4 is 0 Å². The van der Waals surface area contributed by atoms with Crippen LogP contribution in [0.15, 0.2) is 0 Å². The van der Waals surface area contributed by atoms with Crippen molar-refractivity contribution in [1.29, 1.82) is 0 Å². The Labute approximate surface area is 112 Å². The minimum Gasteiger partial charge on any atom is -0.329 e. The molecule has 0 amide bonds.